The van der Waals surface area contributed by atoms with E-state index in [1.165, 1.54) is 0 Å². The van der Waals surface area contributed by atoms with Crippen molar-refractivity contribution in [3.63, 3.8) is 0 Å². The van der Waals surface area contributed by atoms with E-state index in [9.17, 15) is 4.79 Å². The van der Waals surface area contributed by atoms with Crippen LogP contribution in [-0.4, -0.2) is 29.4 Å². The molecule has 1 aliphatic heterocycles. The first kappa shape index (κ1) is 12.9. The van der Waals surface area contributed by atoms with Crippen molar-refractivity contribution >= 4 is 29.1 Å². The number of amides is 1. The van der Waals surface area contributed by atoms with Gasteiger partial charge in [-0.05, 0) is 18.4 Å². The molecule has 1 aromatic heterocycles. The number of thioether (sulfide) groups is 1. The molecule has 0 bridgehead atoms. The maximum atomic E-state index is 11.7. The summed E-state index contributed by atoms with van der Waals surface area (Å²) in [5.41, 5.74) is 3.17. The Morgan fingerprint density at radius 1 is 1.15 bits per heavy atom. The number of rotatable bonds is 2. The Bertz CT molecular complexity index is 683. The minimum absolute atomic E-state index is 0.115. The molecule has 1 amide bonds. The van der Waals surface area contributed by atoms with Crippen molar-refractivity contribution < 1.29 is 4.79 Å². The number of fused-ring (bicyclic) bond motifs is 1. The molecule has 3 rings (SSSR count). The maximum absolute atomic E-state index is 11.7. The van der Waals surface area contributed by atoms with Crippen molar-refractivity contribution in [3.8, 4) is 0 Å². The Hall–Kier alpha value is -2.14. The Balaban J connectivity index is 2.18. The van der Waals surface area contributed by atoms with Crippen LogP contribution in [0.15, 0.2) is 52.5 Å². The molecular weight excluding hydrogens is 270 g/mol. The molecule has 4 nitrogen and oxygen atoms in total. The fraction of sp³-hybridized carbons (Fsp3) is 0.133. The molecule has 100 valence electrons. The lowest BCUT2D eigenvalue weighted by atomic mass is 10.1. The number of anilines is 1. The van der Waals surface area contributed by atoms with Crippen molar-refractivity contribution in [2.24, 2.45) is 4.99 Å². The molecule has 0 spiro atoms. The highest BCUT2D eigenvalue weighted by Crippen LogP contribution is 2.24. The van der Waals surface area contributed by atoms with E-state index in [1.54, 1.807) is 11.8 Å². The predicted molar refractivity (Wildman–Crippen MR) is 81.6 cm³/mol. The number of hydrogen-bond donors (Lipinski definition) is 1. The second-order valence-electron chi connectivity index (χ2n) is 4.33. The Labute approximate surface area is 121 Å². The summed E-state index contributed by atoms with van der Waals surface area (Å²) >= 11 is 1.57. The van der Waals surface area contributed by atoms with Crippen LogP contribution in [0.2, 0.25) is 0 Å². The fourth-order valence-electron chi connectivity index (χ4n) is 2.08. The lowest BCUT2D eigenvalue weighted by Gasteiger charge is -2.10. The van der Waals surface area contributed by atoms with Crippen LogP contribution < -0.4 is 5.32 Å². The van der Waals surface area contributed by atoms with E-state index in [2.05, 4.69) is 15.3 Å². The Morgan fingerprint density at radius 3 is 2.70 bits per heavy atom. The summed E-state index contributed by atoms with van der Waals surface area (Å²) < 4.78 is 0. The molecule has 0 saturated heterocycles. The van der Waals surface area contributed by atoms with Gasteiger partial charge in [-0.25, -0.2) is 4.98 Å². The van der Waals surface area contributed by atoms with Crippen molar-refractivity contribution in [1.82, 2.24) is 4.98 Å². The molecule has 0 unspecified atom stereocenters. The molecule has 20 heavy (non-hydrogen) atoms. The van der Waals surface area contributed by atoms with E-state index in [0.717, 1.165) is 22.0 Å². The van der Waals surface area contributed by atoms with Gasteiger partial charge in [0.05, 0.1) is 16.4 Å². The maximum Gasteiger partial charge on any atom is 0.246 e. The monoisotopic (exact) mass is 283 g/mol. The van der Waals surface area contributed by atoms with Gasteiger partial charge in [-0.3, -0.25) is 9.79 Å². The van der Waals surface area contributed by atoms with Crippen molar-refractivity contribution in [2.45, 2.75) is 5.03 Å². The van der Waals surface area contributed by atoms with Crippen LogP contribution in [0.25, 0.3) is 0 Å². The summed E-state index contributed by atoms with van der Waals surface area (Å²) in [7, 11) is 0. The smallest absolute Gasteiger partial charge is 0.246 e. The van der Waals surface area contributed by atoms with Crippen molar-refractivity contribution in [3.05, 3.63) is 53.7 Å². The van der Waals surface area contributed by atoms with Crippen LogP contribution in [0.4, 0.5) is 5.69 Å². The topological polar surface area (TPSA) is 54.4 Å². The third kappa shape index (κ3) is 2.44. The highest BCUT2D eigenvalue weighted by Gasteiger charge is 2.19. The number of nitrogens with zero attached hydrogens (tertiary/aromatic N) is 2. The van der Waals surface area contributed by atoms with E-state index >= 15 is 0 Å². The molecule has 0 aliphatic carbocycles. The van der Waals surface area contributed by atoms with Gasteiger partial charge in [-0.15, -0.1) is 11.8 Å². The van der Waals surface area contributed by atoms with Gasteiger partial charge in [-0.2, -0.15) is 0 Å². The first-order valence-corrected chi connectivity index (χ1v) is 7.45. The van der Waals surface area contributed by atoms with Gasteiger partial charge in [-0.1, -0.05) is 30.3 Å². The summed E-state index contributed by atoms with van der Waals surface area (Å²) in [4.78, 5) is 20.8. The third-order valence-electron chi connectivity index (χ3n) is 3.01. The van der Waals surface area contributed by atoms with Gasteiger partial charge < -0.3 is 5.32 Å². The second-order valence-corrected chi connectivity index (χ2v) is 5.16. The summed E-state index contributed by atoms with van der Waals surface area (Å²) in [5, 5.41) is 3.75. The van der Waals surface area contributed by atoms with Gasteiger partial charge in [0.25, 0.3) is 0 Å². The quantitative estimate of drug-likeness (QED) is 0.862. The van der Waals surface area contributed by atoms with Crippen LogP contribution >= 0.6 is 11.8 Å². The van der Waals surface area contributed by atoms with Crippen molar-refractivity contribution in [2.75, 3.05) is 18.1 Å². The average molecular weight is 283 g/mol. The zero-order chi connectivity index (χ0) is 13.9. The highest BCUT2D eigenvalue weighted by atomic mass is 32.2. The molecule has 0 saturated carbocycles. The number of pyridine rings is 1. The molecule has 0 radical (unpaired) electrons. The lowest BCUT2D eigenvalue weighted by Crippen LogP contribution is -2.13. The summed E-state index contributed by atoms with van der Waals surface area (Å²) in [6.07, 6.45) is 1.98. The molecule has 1 N–H and O–H groups in total. The van der Waals surface area contributed by atoms with Gasteiger partial charge >= 0.3 is 0 Å². The largest absolute Gasteiger partial charge is 0.323 e. The molecule has 0 atom stereocenters. The SMILES string of the molecule is CSc1ccc2c(n1)C(c1ccccc1)=NCC(=O)N2. The molecular formula is C15H13N3OS. The van der Waals surface area contributed by atoms with E-state index in [4.69, 9.17) is 0 Å². The van der Waals surface area contributed by atoms with Crippen LogP contribution in [0, 0.1) is 0 Å². The number of hydrogen-bond acceptors (Lipinski definition) is 4. The predicted octanol–water partition coefficient (Wildman–Crippen LogP) is 2.59. The summed E-state index contributed by atoms with van der Waals surface area (Å²) in [6, 6.07) is 13.6. The molecule has 5 heteroatoms. The number of carbonyl (C=O) groups excluding carboxylic acids is 1. The summed E-state index contributed by atoms with van der Waals surface area (Å²) in [5.74, 6) is -0.115. The zero-order valence-corrected chi connectivity index (χ0v) is 11.8. The normalized spacial score (nSPS) is 14.1. The number of aliphatic imine (C=N–C) groups is 1. The van der Waals surface area contributed by atoms with Gasteiger partial charge in [0.15, 0.2) is 0 Å². The van der Waals surface area contributed by atoms with Crippen LogP contribution in [-0.2, 0) is 4.79 Å². The minimum Gasteiger partial charge on any atom is -0.323 e. The van der Waals surface area contributed by atoms with E-state index in [0.29, 0.717) is 5.69 Å². The Morgan fingerprint density at radius 2 is 1.95 bits per heavy atom. The van der Waals surface area contributed by atoms with E-state index in [1.807, 2.05) is 48.7 Å². The van der Waals surface area contributed by atoms with Crippen LogP contribution in [0.5, 0.6) is 0 Å². The van der Waals surface area contributed by atoms with Crippen molar-refractivity contribution in [1.29, 1.82) is 0 Å². The molecule has 0 fully saturated rings. The van der Waals surface area contributed by atoms with E-state index in [-0.39, 0.29) is 12.5 Å². The van der Waals surface area contributed by atoms with Gasteiger partial charge in [0.2, 0.25) is 5.91 Å². The van der Waals surface area contributed by atoms with Gasteiger partial charge in [0, 0.05) is 5.56 Å². The molecule has 1 aliphatic rings. The summed E-state index contributed by atoms with van der Waals surface area (Å²) in [6.45, 7) is 0.120. The molecule has 2 aromatic rings. The van der Waals surface area contributed by atoms with Crippen LogP contribution in [0.3, 0.4) is 0 Å². The minimum atomic E-state index is -0.115. The second kappa shape index (κ2) is 5.46. The van der Waals surface area contributed by atoms with Gasteiger partial charge in [0.1, 0.15) is 12.2 Å². The first-order chi connectivity index (χ1) is 9.78. The standard InChI is InChI=1S/C15H13N3OS/c1-20-13-8-7-11-15(18-13)14(16-9-12(19)17-11)10-5-3-2-4-6-10/h2-8H,9H2,1H3,(H,17,19). The van der Waals surface area contributed by atoms with E-state index < -0.39 is 0 Å². The number of aromatic nitrogens is 1. The fourth-order valence-corrected chi connectivity index (χ4v) is 2.46. The third-order valence-corrected chi connectivity index (χ3v) is 3.65. The molecule has 2 heterocycles. The first-order valence-electron chi connectivity index (χ1n) is 6.23. The number of benzene rings is 1. The van der Waals surface area contributed by atoms with Crippen LogP contribution in [0.1, 0.15) is 11.3 Å². The molecule has 1 aromatic carbocycles. The number of nitrogens with one attached hydrogen (secondary N) is 1. The average Bonchev–Trinajstić information content (AvgIpc) is 2.65. The number of carbonyl (C=O) groups is 1. The Kier molecular flexibility index (Phi) is 3.52. The highest BCUT2D eigenvalue weighted by molar-refractivity contribution is 7.98. The lowest BCUT2D eigenvalue weighted by molar-refractivity contribution is -0.114. The zero-order valence-electron chi connectivity index (χ0n) is 11.0.